The van der Waals surface area contributed by atoms with Gasteiger partial charge < -0.3 is 9.80 Å². The Balaban J connectivity index is 1.37. The third-order valence-corrected chi connectivity index (χ3v) is 6.09. The number of halogens is 2. The van der Waals surface area contributed by atoms with E-state index in [1.54, 1.807) is 11.1 Å². The molecule has 34 heavy (non-hydrogen) atoms. The Morgan fingerprint density at radius 3 is 2.50 bits per heavy atom. The lowest BCUT2D eigenvalue weighted by Gasteiger charge is -2.35. The van der Waals surface area contributed by atoms with Gasteiger partial charge in [0.15, 0.2) is 5.65 Å². The molecule has 0 spiro atoms. The highest BCUT2D eigenvalue weighted by atomic mass is 19.3. The van der Waals surface area contributed by atoms with E-state index < -0.39 is 6.43 Å². The first-order valence-electron chi connectivity index (χ1n) is 11.2. The van der Waals surface area contributed by atoms with Crippen molar-refractivity contribution in [3.8, 4) is 11.3 Å². The number of piperazine rings is 1. The molecule has 7 nitrogen and oxygen atoms in total. The minimum absolute atomic E-state index is 0.0557. The number of carbonyl (C=O) groups excluding carboxylic acids is 1. The number of aromatic nitrogens is 4. The molecule has 0 saturated carbocycles. The number of nitrogens with zero attached hydrogens (tertiary/aromatic N) is 6. The van der Waals surface area contributed by atoms with E-state index in [0.717, 1.165) is 21.5 Å². The molecule has 1 aliphatic rings. The summed E-state index contributed by atoms with van der Waals surface area (Å²) in [5, 5.41) is 4.13. The summed E-state index contributed by atoms with van der Waals surface area (Å²) in [7, 11) is 0. The van der Waals surface area contributed by atoms with Crippen molar-refractivity contribution in [2.45, 2.75) is 19.8 Å². The zero-order chi connectivity index (χ0) is 23.7. The lowest BCUT2D eigenvalue weighted by molar-refractivity contribution is -0.130. The van der Waals surface area contributed by atoms with Crippen LogP contribution in [0, 0.1) is 6.92 Å². The predicted molar refractivity (Wildman–Crippen MR) is 125 cm³/mol. The normalized spacial score (nSPS) is 14.2. The second-order valence-corrected chi connectivity index (χ2v) is 8.37. The third-order valence-electron chi connectivity index (χ3n) is 6.09. The van der Waals surface area contributed by atoms with E-state index in [2.05, 4.69) is 20.0 Å². The molecule has 0 atom stereocenters. The Hall–Kier alpha value is -3.88. The van der Waals surface area contributed by atoms with Crippen LogP contribution in [0.5, 0.6) is 0 Å². The second-order valence-electron chi connectivity index (χ2n) is 8.37. The third kappa shape index (κ3) is 4.33. The molecule has 4 heterocycles. The number of amides is 1. The maximum Gasteiger partial charge on any atom is 0.280 e. The molecule has 0 unspecified atom stereocenters. The summed E-state index contributed by atoms with van der Waals surface area (Å²) in [5.41, 5.74) is 2.81. The number of hydrogen-bond donors (Lipinski definition) is 0. The van der Waals surface area contributed by atoms with E-state index in [1.165, 1.54) is 12.3 Å². The quantitative estimate of drug-likeness (QED) is 0.450. The summed E-state index contributed by atoms with van der Waals surface area (Å²) in [6, 6.07) is 14.7. The molecule has 1 fully saturated rings. The first-order valence-corrected chi connectivity index (χ1v) is 11.2. The lowest BCUT2D eigenvalue weighted by atomic mass is 10.1. The molecule has 1 aliphatic heterocycles. The summed E-state index contributed by atoms with van der Waals surface area (Å²) >= 11 is 0. The molecule has 0 N–H and O–H groups in total. The van der Waals surface area contributed by atoms with Crippen molar-refractivity contribution in [2.75, 3.05) is 31.1 Å². The topological polar surface area (TPSA) is 66.6 Å². The number of fused-ring (bicyclic) bond motifs is 1. The highest BCUT2D eigenvalue weighted by Gasteiger charge is 2.24. The Labute approximate surface area is 195 Å². The maximum absolute atomic E-state index is 13.8. The molecule has 9 heteroatoms. The Morgan fingerprint density at radius 1 is 1.06 bits per heavy atom. The van der Waals surface area contributed by atoms with Crippen molar-refractivity contribution in [3.05, 3.63) is 77.7 Å². The Kier molecular flexibility index (Phi) is 5.91. The SMILES string of the molecule is Cc1ccc(-c2cc(C(F)F)n3ncc(CC(=O)N4CCN(c5ccccn5)CC4)c3n2)cc1. The molecule has 3 aromatic heterocycles. The largest absolute Gasteiger partial charge is 0.353 e. The summed E-state index contributed by atoms with van der Waals surface area (Å²) < 4.78 is 28.8. The van der Waals surface area contributed by atoms with Crippen molar-refractivity contribution in [2.24, 2.45) is 0 Å². The van der Waals surface area contributed by atoms with E-state index in [1.807, 2.05) is 49.4 Å². The predicted octanol–water partition coefficient (Wildman–Crippen LogP) is 3.93. The molecule has 0 radical (unpaired) electrons. The smallest absolute Gasteiger partial charge is 0.280 e. The van der Waals surface area contributed by atoms with Gasteiger partial charge in [0, 0.05) is 43.5 Å². The van der Waals surface area contributed by atoms with Gasteiger partial charge in [-0.2, -0.15) is 5.10 Å². The van der Waals surface area contributed by atoms with E-state index in [-0.39, 0.29) is 23.7 Å². The number of rotatable bonds is 5. The first-order chi connectivity index (χ1) is 16.5. The van der Waals surface area contributed by atoms with Crippen LogP contribution in [0.4, 0.5) is 14.6 Å². The van der Waals surface area contributed by atoms with Gasteiger partial charge in [-0.05, 0) is 25.1 Å². The summed E-state index contributed by atoms with van der Waals surface area (Å²) in [6.45, 7) is 4.46. The van der Waals surface area contributed by atoms with Crippen molar-refractivity contribution in [3.63, 3.8) is 0 Å². The monoisotopic (exact) mass is 462 g/mol. The molecule has 1 amide bonds. The maximum atomic E-state index is 13.8. The van der Waals surface area contributed by atoms with Crippen LogP contribution in [0.3, 0.4) is 0 Å². The number of aryl methyl sites for hydroxylation is 1. The number of pyridine rings is 1. The van der Waals surface area contributed by atoms with Gasteiger partial charge in [-0.3, -0.25) is 4.79 Å². The number of hydrogen-bond acceptors (Lipinski definition) is 5. The lowest BCUT2D eigenvalue weighted by Crippen LogP contribution is -2.49. The highest BCUT2D eigenvalue weighted by molar-refractivity contribution is 5.81. The number of carbonyl (C=O) groups is 1. The first kappa shape index (κ1) is 21.9. The summed E-state index contributed by atoms with van der Waals surface area (Å²) in [6.07, 6.45) is 0.552. The summed E-state index contributed by atoms with van der Waals surface area (Å²) in [5.74, 6) is 0.821. The Morgan fingerprint density at radius 2 is 1.82 bits per heavy atom. The van der Waals surface area contributed by atoms with Gasteiger partial charge in [0.25, 0.3) is 6.43 Å². The van der Waals surface area contributed by atoms with Crippen LogP contribution in [-0.2, 0) is 11.2 Å². The molecular formula is C25H24F2N6O. The molecule has 5 rings (SSSR count). The number of alkyl halides is 2. The molecule has 0 bridgehead atoms. The fourth-order valence-electron chi connectivity index (χ4n) is 4.18. The average molecular weight is 463 g/mol. The van der Waals surface area contributed by atoms with Gasteiger partial charge in [-0.25, -0.2) is 23.3 Å². The molecular weight excluding hydrogens is 438 g/mol. The van der Waals surface area contributed by atoms with Crippen LogP contribution in [0.1, 0.15) is 23.2 Å². The van der Waals surface area contributed by atoms with Crippen molar-refractivity contribution < 1.29 is 13.6 Å². The molecule has 0 aliphatic carbocycles. The van der Waals surface area contributed by atoms with Crippen molar-refractivity contribution >= 4 is 17.4 Å². The molecule has 1 saturated heterocycles. The number of benzene rings is 1. The zero-order valence-electron chi connectivity index (χ0n) is 18.7. The van der Waals surface area contributed by atoms with Crippen LogP contribution < -0.4 is 4.90 Å². The van der Waals surface area contributed by atoms with Crippen LogP contribution in [0.2, 0.25) is 0 Å². The van der Waals surface area contributed by atoms with Crippen molar-refractivity contribution in [1.29, 1.82) is 0 Å². The highest BCUT2D eigenvalue weighted by Crippen LogP contribution is 2.27. The van der Waals surface area contributed by atoms with E-state index in [9.17, 15) is 13.6 Å². The van der Waals surface area contributed by atoms with E-state index in [0.29, 0.717) is 37.4 Å². The van der Waals surface area contributed by atoms with Gasteiger partial charge >= 0.3 is 0 Å². The average Bonchev–Trinajstić information content (AvgIpc) is 3.27. The van der Waals surface area contributed by atoms with Gasteiger partial charge in [0.1, 0.15) is 11.5 Å². The fourth-order valence-corrected chi connectivity index (χ4v) is 4.18. The van der Waals surface area contributed by atoms with Gasteiger partial charge in [-0.1, -0.05) is 35.9 Å². The van der Waals surface area contributed by atoms with Gasteiger partial charge in [0.05, 0.1) is 18.3 Å². The summed E-state index contributed by atoms with van der Waals surface area (Å²) in [4.78, 5) is 26.0. The van der Waals surface area contributed by atoms with Gasteiger partial charge in [0.2, 0.25) is 5.91 Å². The van der Waals surface area contributed by atoms with Crippen molar-refractivity contribution in [1.82, 2.24) is 24.5 Å². The molecule has 1 aromatic carbocycles. The van der Waals surface area contributed by atoms with Gasteiger partial charge in [-0.15, -0.1) is 0 Å². The molecule has 4 aromatic rings. The minimum Gasteiger partial charge on any atom is -0.353 e. The number of anilines is 1. The Bertz CT molecular complexity index is 1300. The van der Waals surface area contributed by atoms with E-state index in [4.69, 9.17) is 0 Å². The minimum atomic E-state index is -2.72. The van der Waals surface area contributed by atoms with Crippen LogP contribution in [0.15, 0.2) is 60.9 Å². The van der Waals surface area contributed by atoms with Crippen LogP contribution >= 0.6 is 0 Å². The van der Waals surface area contributed by atoms with Crippen LogP contribution in [0.25, 0.3) is 16.9 Å². The van der Waals surface area contributed by atoms with E-state index >= 15 is 0 Å². The van der Waals surface area contributed by atoms with Crippen LogP contribution in [-0.4, -0.2) is 56.6 Å². The second kappa shape index (κ2) is 9.17. The standard InChI is InChI=1S/C25H24F2N6O/c1-17-5-7-18(8-6-17)20-15-21(24(26)27)33-25(30-20)19(16-29-33)14-23(34)32-12-10-31(11-13-32)22-4-2-3-9-28-22/h2-9,15-16,24H,10-14H2,1H3. The molecule has 174 valence electrons. The zero-order valence-corrected chi connectivity index (χ0v) is 18.7. The fraction of sp³-hybridized carbons (Fsp3) is 0.280.